The van der Waals surface area contributed by atoms with E-state index < -0.39 is 12.0 Å². The van der Waals surface area contributed by atoms with Gasteiger partial charge in [-0.05, 0) is 0 Å². The third kappa shape index (κ3) is 2.87. The first kappa shape index (κ1) is 15.0. The maximum atomic E-state index is 12.5. The summed E-state index contributed by atoms with van der Waals surface area (Å²) >= 11 is 0. The van der Waals surface area contributed by atoms with Crippen molar-refractivity contribution in [3.05, 3.63) is 0 Å². The lowest BCUT2D eigenvalue weighted by Crippen LogP contribution is -2.56. The zero-order valence-corrected chi connectivity index (χ0v) is 11.7. The van der Waals surface area contributed by atoms with E-state index in [9.17, 15) is 9.59 Å². The molecular formula is C12H20N2O6. The Morgan fingerprint density at radius 3 is 2.30 bits per heavy atom. The molecule has 1 N–H and O–H groups in total. The van der Waals surface area contributed by atoms with Gasteiger partial charge in [-0.15, -0.1) is 0 Å². The van der Waals surface area contributed by atoms with E-state index in [2.05, 4.69) is 0 Å². The normalized spacial score (nSPS) is 30.6. The highest BCUT2D eigenvalue weighted by Crippen LogP contribution is 2.19. The number of hydrogen-bond acceptors (Lipinski definition) is 5. The number of carbonyl (C=O) groups is 2. The number of nitrogens with zero attached hydrogens (tertiary/aromatic N) is 2. The van der Waals surface area contributed by atoms with Crippen LogP contribution in [0.3, 0.4) is 0 Å². The van der Waals surface area contributed by atoms with Crippen LogP contribution < -0.4 is 0 Å². The number of hydrogen-bond donors (Lipinski definition) is 1. The number of carboxylic acid groups (broad SMARTS) is 1. The van der Waals surface area contributed by atoms with Crippen LogP contribution in [0.25, 0.3) is 0 Å². The zero-order valence-electron chi connectivity index (χ0n) is 11.7. The van der Waals surface area contributed by atoms with E-state index in [1.54, 1.807) is 19.1 Å². The van der Waals surface area contributed by atoms with E-state index in [1.807, 2.05) is 0 Å². The van der Waals surface area contributed by atoms with Gasteiger partial charge in [0.2, 0.25) is 0 Å². The summed E-state index contributed by atoms with van der Waals surface area (Å²) < 4.78 is 15.7. The Hall–Kier alpha value is -1.38. The summed E-state index contributed by atoms with van der Waals surface area (Å²) in [4.78, 5) is 26.6. The van der Waals surface area contributed by atoms with E-state index >= 15 is 0 Å². The van der Waals surface area contributed by atoms with E-state index in [4.69, 9.17) is 19.3 Å². The second kappa shape index (κ2) is 6.38. The molecule has 3 atom stereocenters. The SMILES string of the molecule is COC1CN(C(=O)N2CCOCC2C(=O)O)CC1OC. The number of amides is 2. The second-order valence-corrected chi connectivity index (χ2v) is 4.86. The number of aliphatic carboxylic acids is 1. The number of likely N-dealkylation sites (tertiary alicyclic amines) is 1. The average Bonchev–Trinajstić information content (AvgIpc) is 2.89. The Morgan fingerprint density at radius 1 is 1.20 bits per heavy atom. The zero-order chi connectivity index (χ0) is 14.7. The summed E-state index contributed by atoms with van der Waals surface area (Å²) in [5, 5.41) is 9.15. The standard InChI is InChI=1S/C12H20N2O6/c1-18-9-5-13(6-10(9)19-2)12(17)14-3-4-20-7-8(14)11(15)16/h8-10H,3-7H2,1-2H3,(H,15,16). The summed E-state index contributed by atoms with van der Waals surface area (Å²) in [7, 11) is 3.14. The van der Waals surface area contributed by atoms with Gasteiger partial charge in [-0.1, -0.05) is 0 Å². The van der Waals surface area contributed by atoms with Crippen LogP contribution in [-0.2, 0) is 19.0 Å². The van der Waals surface area contributed by atoms with Gasteiger partial charge in [0.1, 0.15) is 12.2 Å². The number of methoxy groups -OCH3 is 2. The number of urea groups is 1. The molecule has 2 saturated heterocycles. The highest BCUT2D eigenvalue weighted by molar-refractivity contribution is 5.83. The molecule has 2 heterocycles. The molecule has 2 fully saturated rings. The van der Waals surface area contributed by atoms with E-state index in [0.717, 1.165) is 0 Å². The molecule has 20 heavy (non-hydrogen) atoms. The van der Waals surface area contributed by atoms with Crippen LogP contribution in [0.1, 0.15) is 0 Å². The van der Waals surface area contributed by atoms with Gasteiger partial charge in [0, 0.05) is 20.8 Å². The van der Waals surface area contributed by atoms with Crippen LogP contribution >= 0.6 is 0 Å². The maximum Gasteiger partial charge on any atom is 0.328 e. The Morgan fingerprint density at radius 2 is 1.80 bits per heavy atom. The Kier molecular flexibility index (Phi) is 4.79. The fourth-order valence-corrected chi connectivity index (χ4v) is 2.57. The van der Waals surface area contributed by atoms with Crippen LogP contribution in [0.5, 0.6) is 0 Å². The first-order valence-electron chi connectivity index (χ1n) is 6.50. The minimum absolute atomic E-state index is 0.0241. The van der Waals surface area contributed by atoms with Gasteiger partial charge >= 0.3 is 12.0 Å². The summed E-state index contributed by atoms with van der Waals surface area (Å²) in [6.07, 6.45) is -0.374. The van der Waals surface area contributed by atoms with Crippen molar-refractivity contribution >= 4 is 12.0 Å². The molecule has 0 aromatic carbocycles. The van der Waals surface area contributed by atoms with Crippen LogP contribution in [-0.4, -0.2) is 92.2 Å². The summed E-state index contributed by atoms with van der Waals surface area (Å²) in [6, 6.07) is -1.24. The predicted octanol–water partition coefficient (Wildman–Crippen LogP) is -0.763. The van der Waals surface area contributed by atoms with E-state index in [1.165, 1.54) is 4.90 Å². The molecule has 3 unspecified atom stereocenters. The number of morpholine rings is 1. The molecule has 0 spiro atoms. The Balaban J connectivity index is 2.05. The van der Waals surface area contributed by atoms with Crippen molar-refractivity contribution in [3.63, 3.8) is 0 Å². The summed E-state index contributed by atoms with van der Waals surface area (Å²) in [6.45, 7) is 1.46. The molecule has 8 heteroatoms. The van der Waals surface area contributed by atoms with Gasteiger partial charge < -0.3 is 29.1 Å². The minimum atomic E-state index is -1.05. The Labute approximate surface area is 117 Å². The predicted molar refractivity (Wildman–Crippen MR) is 67.5 cm³/mol. The number of ether oxygens (including phenoxy) is 3. The molecule has 2 rings (SSSR count). The highest BCUT2D eigenvalue weighted by atomic mass is 16.5. The lowest BCUT2D eigenvalue weighted by atomic mass is 10.2. The molecule has 2 amide bonds. The van der Waals surface area contributed by atoms with Crippen LogP contribution in [0.4, 0.5) is 4.79 Å². The van der Waals surface area contributed by atoms with Gasteiger partial charge in [-0.2, -0.15) is 0 Å². The van der Waals surface area contributed by atoms with Crippen LogP contribution in [0, 0.1) is 0 Å². The largest absolute Gasteiger partial charge is 0.480 e. The fourth-order valence-electron chi connectivity index (χ4n) is 2.57. The molecule has 0 aromatic heterocycles. The van der Waals surface area contributed by atoms with Crippen LogP contribution in [0.15, 0.2) is 0 Å². The topological polar surface area (TPSA) is 88.5 Å². The first-order valence-corrected chi connectivity index (χ1v) is 6.50. The monoisotopic (exact) mass is 288 g/mol. The van der Waals surface area contributed by atoms with Gasteiger partial charge in [-0.25, -0.2) is 9.59 Å². The molecule has 0 aliphatic carbocycles. The highest BCUT2D eigenvalue weighted by Gasteiger charge is 2.41. The number of carbonyl (C=O) groups excluding carboxylic acids is 1. The fraction of sp³-hybridized carbons (Fsp3) is 0.833. The third-order valence-electron chi connectivity index (χ3n) is 3.75. The maximum absolute atomic E-state index is 12.5. The first-order chi connectivity index (χ1) is 9.58. The van der Waals surface area contributed by atoms with E-state index in [0.29, 0.717) is 19.7 Å². The minimum Gasteiger partial charge on any atom is -0.480 e. The van der Waals surface area contributed by atoms with Crippen molar-refractivity contribution in [2.75, 3.05) is 47.1 Å². The molecule has 0 saturated carbocycles. The lowest BCUT2D eigenvalue weighted by molar-refractivity contribution is -0.147. The lowest BCUT2D eigenvalue weighted by Gasteiger charge is -2.35. The van der Waals surface area contributed by atoms with Gasteiger partial charge in [0.05, 0.1) is 26.3 Å². The molecule has 8 nitrogen and oxygen atoms in total. The molecule has 0 radical (unpaired) electrons. The number of carboxylic acids is 1. The molecule has 0 aromatic rings. The smallest absolute Gasteiger partial charge is 0.328 e. The van der Waals surface area contributed by atoms with Crippen molar-refractivity contribution in [1.29, 1.82) is 0 Å². The van der Waals surface area contributed by atoms with Crippen LogP contribution in [0.2, 0.25) is 0 Å². The summed E-state index contributed by atoms with van der Waals surface area (Å²) in [5.74, 6) is -1.05. The Bertz CT molecular complexity index is 365. The second-order valence-electron chi connectivity index (χ2n) is 4.86. The quantitative estimate of drug-likeness (QED) is 0.734. The van der Waals surface area contributed by atoms with Gasteiger partial charge in [-0.3, -0.25) is 0 Å². The molecule has 114 valence electrons. The summed E-state index contributed by atoms with van der Waals surface area (Å²) in [5.41, 5.74) is 0. The van der Waals surface area contributed by atoms with Crippen molar-refractivity contribution in [1.82, 2.24) is 9.80 Å². The molecule has 0 bridgehead atoms. The number of rotatable bonds is 3. The van der Waals surface area contributed by atoms with Crippen molar-refractivity contribution in [2.45, 2.75) is 18.2 Å². The molecular weight excluding hydrogens is 268 g/mol. The third-order valence-corrected chi connectivity index (χ3v) is 3.75. The average molecular weight is 288 g/mol. The van der Waals surface area contributed by atoms with Crippen molar-refractivity contribution < 1.29 is 28.9 Å². The van der Waals surface area contributed by atoms with Crippen molar-refractivity contribution in [3.8, 4) is 0 Å². The van der Waals surface area contributed by atoms with Gasteiger partial charge in [0.25, 0.3) is 0 Å². The van der Waals surface area contributed by atoms with Crippen molar-refractivity contribution in [2.24, 2.45) is 0 Å². The van der Waals surface area contributed by atoms with E-state index in [-0.39, 0.29) is 31.4 Å². The van der Waals surface area contributed by atoms with Gasteiger partial charge in [0.15, 0.2) is 6.04 Å². The molecule has 2 aliphatic heterocycles. The molecule has 2 aliphatic rings.